The molecule has 0 bridgehead atoms. The van der Waals surface area contributed by atoms with Crippen LogP contribution in [0.2, 0.25) is 0 Å². The third-order valence-electron chi connectivity index (χ3n) is 2.57. The first kappa shape index (κ1) is 10.4. The molecule has 13 heavy (non-hydrogen) atoms. The highest BCUT2D eigenvalue weighted by Crippen LogP contribution is 2.28. The average molecular weight is 180 g/mol. The van der Waals surface area contributed by atoms with E-state index in [-0.39, 0.29) is 0 Å². The smallest absolute Gasteiger partial charge is 0.118 e. The first-order chi connectivity index (χ1) is 6.15. The van der Waals surface area contributed by atoms with Crippen molar-refractivity contribution in [1.29, 1.82) is 0 Å². The zero-order valence-electron chi connectivity index (χ0n) is 9.18. The molecule has 0 aromatic carbocycles. The van der Waals surface area contributed by atoms with Crippen LogP contribution < -0.4 is 0 Å². The van der Waals surface area contributed by atoms with Crippen LogP contribution in [0.4, 0.5) is 0 Å². The SMILES string of the molecule is CCOC1=C(C)CCC(C(C)C)=C1. The maximum absolute atomic E-state index is 5.58. The summed E-state index contributed by atoms with van der Waals surface area (Å²) in [5, 5.41) is 0. The second kappa shape index (κ2) is 4.50. The quantitative estimate of drug-likeness (QED) is 0.644. The first-order valence-corrected chi connectivity index (χ1v) is 5.18. The topological polar surface area (TPSA) is 9.23 Å². The van der Waals surface area contributed by atoms with Crippen LogP contribution >= 0.6 is 0 Å². The highest BCUT2D eigenvalue weighted by molar-refractivity contribution is 5.29. The van der Waals surface area contributed by atoms with Gasteiger partial charge in [-0.05, 0) is 44.3 Å². The van der Waals surface area contributed by atoms with Gasteiger partial charge < -0.3 is 4.74 Å². The normalized spacial score (nSPS) is 17.8. The fourth-order valence-electron chi connectivity index (χ4n) is 1.59. The van der Waals surface area contributed by atoms with E-state index in [0.717, 1.165) is 12.4 Å². The van der Waals surface area contributed by atoms with E-state index in [0.29, 0.717) is 5.92 Å². The lowest BCUT2D eigenvalue weighted by atomic mass is 9.91. The van der Waals surface area contributed by atoms with Crippen LogP contribution in [0, 0.1) is 5.92 Å². The summed E-state index contributed by atoms with van der Waals surface area (Å²) in [6.45, 7) is 9.47. The van der Waals surface area contributed by atoms with E-state index >= 15 is 0 Å². The Morgan fingerprint density at radius 1 is 1.38 bits per heavy atom. The van der Waals surface area contributed by atoms with Crippen LogP contribution in [0.5, 0.6) is 0 Å². The highest BCUT2D eigenvalue weighted by atomic mass is 16.5. The lowest BCUT2D eigenvalue weighted by Crippen LogP contribution is -2.04. The van der Waals surface area contributed by atoms with Crippen molar-refractivity contribution in [2.75, 3.05) is 6.61 Å². The van der Waals surface area contributed by atoms with Gasteiger partial charge in [-0.25, -0.2) is 0 Å². The van der Waals surface area contributed by atoms with Crippen molar-refractivity contribution in [2.24, 2.45) is 5.92 Å². The van der Waals surface area contributed by atoms with E-state index < -0.39 is 0 Å². The molecule has 1 heteroatoms. The van der Waals surface area contributed by atoms with Gasteiger partial charge >= 0.3 is 0 Å². The first-order valence-electron chi connectivity index (χ1n) is 5.18. The molecule has 1 aliphatic rings. The van der Waals surface area contributed by atoms with Crippen molar-refractivity contribution in [2.45, 2.75) is 40.5 Å². The second-order valence-electron chi connectivity index (χ2n) is 3.95. The molecule has 0 atom stereocenters. The molecular weight excluding hydrogens is 160 g/mol. The van der Waals surface area contributed by atoms with E-state index in [4.69, 9.17) is 4.74 Å². The lowest BCUT2D eigenvalue weighted by molar-refractivity contribution is 0.235. The molecule has 0 fully saturated rings. The molecule has 0 unspecified atom stereocenters. The molecule has 0 aromatic heterocycles. The van der Waals surface area contributed by atoms with Crippen molar-refractivity contribution < 1.29 is 4.74 Å². The summed E-state index contributed by atoms with van der Waals surface area (Å²) >= 11 is 0. The zero-order chi connectivity index (χ0) is 9.84. The maximum atomic E-state index is 5.58. The largest absolute Gasteiger partial charge is 0.494 e. The number of hydrogen-bond donors (Lipinski definition) is 0. The third kappa shape index (κ3) is 2.61. The molecule has 0 heterocycles. The van der Waals surface area contributed by atoms with Crippen LogP contribution in [0.15, 0.2) is 23.0 Å². The Labute approximate surface area is 81.5 Å². The summed E-state index contributed by atoms with van der Waals surface area (Å²) in [5.41, 5.74) is 2.92. The fraction of sp³-hybridized carbons (Fsp3) is 0.667. The summed E-state index contributed by atoms with van der Waals surface area (Å²) in [6, 6.07) is 0. The Morgan fingerprint density at radius 2 is 2.08 bits per heavy atom. The van der Waals surface area contributed by atoms with Gasteiger partial charge in [0.2, 0.25) is 0 Å². The van der Waals surface area contributed by atoms with Gasteiger partial charge in [0.25, 0.3) is 0 Å². The predicted molar refractivity (Wildman–Crippen MR) is 56.5 cm³/mol. The van der Waals surface area contributed by atoms with E-state index in [1.54, 1.807) is 0 Å². The minimum absolute atomic E-state index is 0.656. The van der Waals surface area contributed by atoms with Crippen LogP contribution in [0.1, 0.15) is 40.5 Å². The highest BCUT2D eigenvalue weighted by Gasteiger charge is 2.12. The van der Waals surface area contributed by atoms with Crippen LogP contribution in [-0.2, 0) is 4.74 Å². The van der Waals surface area contributed by atoms with Gasteiger partial charge in [0.15, 0.2) is 0 Å². The van der Waals surface area contributed by atoms with Crippen molar-refractivity contribution in [1.82, 2.24) is 0 Å². The van der Waals surface area contributed by atoms with Gasteiger partial charge in [0.05, 0.1) is 6.61 Å². The molecule has 0 aromatic rings. The van der Waals surface area contributed by atoms with Gasteiger partial charge in [-0.1, -0.05) is 19.4 Å². The zero-order valence-corrected chi connectivity index (χ0v) is 9.18. The van der Waals surface area contributed by atoms with Crippen LogP contribution in [-0.4, -0.2) is 6.61 Å². The lowest BCUT2D eigenvalue weighted by Gasteiger charge is -2.20. The third-order valence-corrected chi connectivity index (χ3v) is 2.57. The van der Waals surface area contributed by atoms with E-state index in [2.05, 4.69) is 26.8 Å². The maximum Gasteiger partial charge on any atom is 0.118 e. The standard InChI is InChI=1S/C12H20O/c1-5-13-12-8-11(9(2)3)7-6-10(12)4/h8-9H,5-7H2,1-4H3. The number of allylic oxidation sites excluding steroid dienone is 3. The molecule has 1 nitrogen and oxygen atoms in total. The Hall–Kier alpha value is -0.720. The molecule has 1 aliphatic carbocycles. The number of ether oxygens (including phenoxy) is 1. The Balaban J connectivity index is 2.78. The van der Waals surface area contributed by atoms with E-state index in [1.807, 2.05) is 6.92 Å². The van der Waals surface area contributed by atoms with Gasteiger partial charge in [-0.15, -0.1) is 0 Å². The van der Waals surface area contributed by atoms with Gasteiger partial charge in [-0.2, -0.15) is 0 Å². The summed E-state index contributed by atoms with van der Waals surface area (Å²) in [5.74, 6) is 1.76. The van der Waals surface area contributed by atoms with Crippen LogP contribution in [0.25, 0.3) is 0 Å². The Kier molecular flexibility index (Phi) is 3.58. The summed E-state index contributed by atoms with van der Waals surface area (Å²) in [6.07, 6.45) is 4.60. The molecule has 0 aliphatic heterocycles. The molecule has 74 valence electrons. The molecular formula is C12H20O. The van der Waals surface area contributed by atoms with E-state index in [9.17, 15) is 0 Å². The van der Waals surface area contributed by atoms with Crippen molar-refractivity contribution in [3.05, 3.63) is 23.0 Å². The summed E-state index contributed by atoms with van der Waals surface area (Å²) in [4.78, 5) is 0. The summed E-state index contributed by atoms with van der Waals surface area (Å²) < 4.78 is 5.58. The van der Waals surface area contributed by atoms with E-state index in [1.165, 1.54) is 24.0 Å². The molecule has 0 spiro atoms. The van der Waals surface area contributed by atoms with Crippen molar-refractivity contribution >= 4 is 0 Å². The Morgan fingerprint density at radius 3 is 2.62 bits per heavy atom. The number of hydrogen-bond acceptors (Lipinski definition) is 1. The number of rotatable bonds is 3. The van der Waals surface area contributed by atoms with Gasteiger partial charge in [0, 0.05) is 0 Å². The Bertz CT molecular complexity index is 234. The predicted octanol–water partition coefficient (Wildman–Crippen LogP) is 3.67. The minimum Gasteiger partial charge on any atom is -0.494 e. The second-order valence-corrected chi connectivity index (χ2v) is 3.95. The molecule has 0 saturated heterocycles. The average Bonchev–Trinajstić information content (AvgIpc) is 2.08. The monoisotopic (exact) mass is 180 g/mol. The fourth-order valence-corrected chi connectivity index (χ4v) is 1.59. The molecule has 0 saturated carbocycles. The molecule has 0 N–H and O–H groups in total. The summed E-state index contributed by atoms with van der Waals surface area (Å²) in [7, 11) is 0. The van der Waals surface area contributed by atoms with Gasteiger partial charge in [-0.3, -0.25) is 0 Å². The molecule has 1 rings (SSSR count). The molecule has 0 radical (unpaired) electrons. The minimum atomic E-state index is 0.656. The molecule has 0 amide bonds. The van der Waals surface area contributed by atoms with Crippen LogP contribution in [0.3, 0.4) is 0 Å². The van der Waals surface area contributed by atoms with Crippen molar-refractivity contribution in [3.63, 3.8) is 0 Å². The van der Waals surface area contributed by atoms with Crippen molar-refractivity contribution in [3.8, 4) is 0 Å². The van der Waals surface area contributed by atoms with Gasteiger partial charge in [0.1, 0.15) is 5.76 Å².